The molecule has 8 heteroatoms. The molecule has 0 bridgehead atoms. The van der Waals surface area contributed by atoms with E-state index in [0.29, 0.717) is 24.8 Å². The van der Waals surface area contributed by atoms with Crippen molar-refractivity contribution in [3.63, 3.8) is 0 Å². The number of aryl methyl sites for hydroxylation is 1. The Bertz CT molecular complexity index is 1370. The van der Waals surface area contributed by atoms with Crippen molar-refractivity contribution < 1.29 is 9.53 Å². The van der Waals surface area contributed by atoms with E-state index in [2.05, 4.69) is 31.6 Å². The molecule has 0 aliphatic carbocycles. The highest BCUT2D eigenvalue weighted by Crippen LogP contribution is 2.30. The largest absolute Gasteiger partial charge is 0.492 e. The minimum absolute atomic E-state index is 0.00196. The monoisotopic (exact) mass is 454 g/mol. The fourth-order valence-corrected chi connectivity index (χ4v) is 3.35. The van der Waals surface area contributed by atoms with Crippen LogP contribution in [0.25, 0.3) is 22.0 Å². The second-order valence-electron chi connectivity index (χ2n) is 8.18. The average Bonchev–Trinajstić information content (AvgIpc) is 3.27. The maximum Gasteiger partial charge on any atom is 0.227 e. The third kappa shape index (κ3) is 5.51. The van der Waals surface area contributed by atoms with Crippen molar-refractivity contribution in [3.05, 3.63) is 60.6 Å². The number of hydrogen-bond donors (Lipinski definition) is 2. The standard InChI is InChI=1S/C26H26N6O2/c1-5-18-6-7-24-20(10-18)14-28-26(31-24)30-22-11-19(21-15-29-32(4)16-21)12-23(13-22)34-9-8-27-25(33)17(2)3/h1,6-7,10-17H,8-9H2,2-4H3,(H,27,33)(H,28,30,31). The van der Waals surface area contributed by atoms with Crippen LogP contribution in [-0.4, -0.2) is 38.8 Å². The summed E-state index contributed by atoms with van der Waals surface area (Å²) in [6.07, 6.45) is 10.9. The number of carbonyl (C=O) groups excluding carboxylic acids is 1. The van der Waals surface area contributed by atoms with Gasteiger partial charge in [-0.25, -0.2) is 9.97 Å². The molecule has 2 heterocycles. The van der Waals surface area contributed by atoms with Gasteiger partial charge in [0, 0.05) is 53.6 Å². The molecule has 1 amide bonds. The summed E-state index contributed by atoms with van der Waals surface area (Å²) in [5.41, 5.74) is 4.22. The summed E-state index contributed by atoms with van der Waals surface area (Å²) in [6, 6.07) is 11.4. The fraction of sp³-hybridized carbons (Fsp3) is 0.231. The van der Waals surface area contributed by atoms with Crippen LogP contribution in [0, 0.1) is 18.3 Å². The number of carbonyl (C=O) groups is 1. The molecule has 0 aliphatic heterocycles. The molecule has 2 N–H and O–H groups in total. The predicted molar refractivity (Wildman–Crippen MR) is 133 cm³/mol. The lowest BCUT2D eigenvalue weighted by Crippen LogP contribution is -2.31. The smallest absolute Gasteiger partial charge is 0.227 e. The van der Waals surface area contributed by atoms with E-state index >= 15 is 0 Å². The SMILES string of the molecule is C#Cc1ccc2nc(Nc3cc(OCCNC(=O)C(C)C)cc(-c4cnn(C)c4)c3)ncc2c1. The van der Waals surface area contributed by atoms with Crippen molar-refractivity contribution in [3.8, 4) is 29.2 Å². The summed E-state index contributed by atoms with van der Waals surface area (Å²) >= 11 is 0. The number of ether oxygens (including phenoxy) is 1. The van der Waals surface area contributed by atoms with Crippen LogP contribution in [0.3, 0.4) is 0 Å². The Hall–Kier alpha value is -4.38. The van der Waals surface area contributed by atoms with E-state index in [4.69, 9.17) is 11.2 Å². The normalized spacial score (nSPS) is 10.8. The third-order valence-corrected chi connectivity index (χ3v) is 5.14. The van der Waals surface area contributed by atoms with Gasteiger partial charge in [-0.1, -0.05) is 19.8 Å². The van der Waals surface area contributed by atoms with Crippen molar-refractivity contribution in [1.29, 1.82) is 0 Å². The van der Waals surface area contributed by atoms with E-state index in [1.54, 1.807) is 17.1 Å². The Morgan fingerprint density at radius 1 is 1.18 bits per heavy atom. The van der Waals surface area contributed by atoms with Crippen LogP contribution < -0.4 is 15.4 Å². The summed E-state index contributed by atoms with van der Waals surface area (Å²) in [6.45, 7) is 4.48. The number of nitrogens with zero attached hydrogens (tertiary/aromatic N) is 4. The molecule has 8 nitrogen and oxygen atoms in total. The summed E-state index contributed by atoms with van der Waals surface area (Å²) in [5, 5.41) is 11.3. The molecule has 4 aromatic rings. The number of fused-ring (bicyclic) bond motifs is 1. The lowest BCUT2D eigenvalue weighted by atomic mass is 10.1. The topological polar surface area (TPSA) is 94.0 Å². The molecule has 0 unspecified atom stereocenters. The minimum Gasteiger partial charge on any atom is -0.492 e. The van der Waals surface area contributed by atoms with Crippen LogP contribution in [0.5, 0.6) is 5.75 Å². The lowest BCUT2D eigenvalue weighted by molar-refractivity contribution is -0.124. The molecule has 0 atom stereocenters. The molecule has 0 saturated heterocycles. The highest BCUT2D eigenvalue weighted by Gasteiger charge is 2.10. The van der Waals surface area contributed by atoms with Crippen molar-refractivity contribution in [2.24, 2.45) is 13.0 Å². The minimum atomic E-state index is -0.0650. The number of hydrogen-bond acceptors (Lipinski definition) is 6. The number of terminal acetylenes is 1. The first-order valence-corrected chi connectivity index (χ1v) is 11.0. The van der Waals surface area contributed by atoms with Crippen LogP contribution in [0.15, 0.2) is 55.0 Å². The van der Waals surface area contributed by atoms with Gasteiger partial charge in [0.2, 0.25) is 11.9 Å². The predicted octanol–water partition coefficient (Wildman–Crippen LogP) is 3.91. The second-order valence-corrected chi connectivity index (χ2v) is 8.18. The summed E-state index contributed by atoms with van der Waals surface area (Å²) in [4.78, 5) is 20.8. The van der Waals surface area contributed by atoms with Crippen molar-refractivity contribution in [2.45, 2.75) is 13.8 Å². The second kappa shape index (κ2) is 10.0. The van der Waals surface area contributed by atoms with Crippen LogP contribution in [0.2, 0.25) is 0 Å². The highest BCUT2D eigenvalue weighted by molar-refractivity contribution is 5.81. The summed E-state index contributed by atoms with van der Waals surface area (Å²) in [7, 11) is 1.87. The van der Waals surface area contributed by atoms with Gasteiger partial charge in [-0.2, -0.15) is 5.10 Å². The van der Waals surface area contributed by atoms with Gasteiger partial charge in [0.05, 0.1) is 18.3 Å². The van der Waals surface area contributed by atoms with E-state index in [-0.39, 0.29) is 11.8 Å². The van der Waals surface area contributed by atoms with Gasteiger partial charge in [0.25, 0.3) is 0 Å². The first-order chi connectivity index (χ1) is 16.4. The molecule has 0 spiro atoms. The van der Waals surface area contributed by atoms with E-state index in [0.717, 1.165) is 33.3 Å². The fourth-order valence-electron chi connectivity index (χ4n) is 3.35. The molecule has 0 radical (unpaired) electrons. The van der Waals surface area contributed by atoms with Crippen LogP contribution in [-0.2, 0) is 11.8 Å². The molecule has 4 rings (SSSR count). The van der Waals surface area contributed by atoms with Gasteiger partial charge in [-0.15, -0.1) is 6.42 Å². The van der Waals surface area contributed by atoms with E-state index in [1.807, 2.05) is 63.5 Å². The van der Waals surface area contributed by atoms with Gasteiger partial charge >= 0.3 is 0 Å². The Balaban J connectivity index is 1.57. The molecule has 0 aliphatic rings. The van der Waals surface area contributed by atoms with Crippen molar-refractivity contribution >= 4 is 28.4 Å². The summed E-state index contributed by atoms with van der Waals surface area (Å²) in [5.74, 6) is 3.67. The molecule has 172 valence electrons. The first kappa shape index (κ1) is 22.8. The zero-order valence-electron chi connectivity index (χ0n) is 19.4. The molecular formula is C26H26N6O2. The zero-order valence-corrected chi connectivity index (χ0v) is 19.4. The Labute approximate surface area is 198 Å². The van der Waals surface area contributed by atoms with Gasteiger partial charge in [0.1, 0.15) is 12.4 Å². The molecule has 0 saturated carbocycles. The van der Waals surface area contributed by atoms with E-state index < -0.39 is 0 Å². The van der Waals surface area contributed by atoms with Crippen LogP contribution in [0.1, 0.15) is 19.4 Å². The average molecular weight is 455 g/mol. The number of anilines is 2. The highest BCUT2D eigenvalue weighted by atomic mass is 16.5. The number of rotatable bonds is 8. The Morgan fingerprint density at radius 3 is 2.76 bits per heavy atom. The third-order valence-electron chi connectivity index (χ3n) is 5.14. The number of nitrogens with one attached hydrogen (secondary N) is 2. The molecule has 2 aromatic carbocycles. The van der Waals surface area contributed by atoms with Crippen LogP contribution in [0.4, 0.5) is 11.6 Å². The Kier molecular flexibility index (Phi) is 6.74. The van der Waals surface area contributed by atoms with Crippen molar-refractivity contribution in [1.82, 2.24) is 25.1 Å². The molecular weight excluding hydrogens is 428 g/mol. The maximum absolute atomic E-state index is 11.8. The number of benzene rings is 2. The quantitative estimate of drug-likeness (QED) is 0.310. The van der Waals surface area contributed by atoms with E-state index in [9.17, 15) is 4.79 Å². The molecule has 34 heavy (non-hydrogen) atoms. The van der Waals surface area contributed by atoms with Gasteiger partial charge in [0.15, 0.2) is 0 Å². The van der Waals surface area contributed by atoms with Gasteiger partial charge in [-0.3, -0.25) is 9.48 Å². The zero-order chi connectivity index (χ0) is 24.1. The summed E-state index contributed by atoms with van der Waals surface area (Å²) < 4.78 is 7.68. The first-order valence-electron chi connectivity index (χ1n) is 11.0. The number of aromatic nitrogens is 4. The Morgan fingerprint density at radius 2 is 2.03 bits per heavy atom. The van der Waals surface area contributed by atoms with E-state index in [1.165, 1.54) is 0 Å². The van der Waals surface area contributed by atoms with Gasteiger partial charge < -0.3 is 15.4 Å². The molecule has 0 fully saturated rings. The molecule has 2 aromatic heterocycles. The van der Waals surface area contributed by atoms with Gasteiger partial charge in [-0.05, 0) is 35.9 Å². The lowest BCUT2D eigenvalue weighted by Gasteiger charge is -2.13. The van der Waals surface area contributed by atoms with Crippen molar-refractivity contribution in [2.75, 3.05) is 18.5 Å². The number of amides is 1. The van der Waals surface area contributed by atoms with Crippen LogP contribution >= 0.6 is 0 Å². The maximum atomic E-state index is 11.8.